The van der Waals surface area contributed by atoms with Crippen LogP contribution in [0, 0.1) is 5.95 Å². The molecule has 0 bridgehead atoms. The standard InChI is InChI=1S/C31H33FN4O2/c1-4-26(22-9-6-5-7-10-22)30(24-14-17-28-27(21-24)31(32)35-34-28)23-12-15-25(16-13-23)38-20-19-33-18-8-11-29(37)36(2)3/h5-17,21,33H,4,18-20H2,1-3H3,(H,34,35). The molecular formula is C31H33FN4O2. The molecule has 38 heavy (non-hydrogen) atoms. The Balaban J connectivity index is 1.53. The number of nitrogens with one attached hydrogen (secondary N) is 2. The Morgan fingerprint density at radius 2 is 1.76 bits per heavy atom. The number of carbonyl (C=O) groups is 1. The summed E-state index contributed by atoms with van der Waals surface area (Å²) in [6.45, 7) is 3.88. The van der Waals surface area contributed by atoms with E-state index in [1.807, 2.05) is 60.7 Å². The number of aromatic nitrogens is 2. The molecule has 0 radical (unpaired) electrons. The Kier molecular flexibility index (Phi) is 9.06. The molecule has 0 saturated heterocycles. The van der Waals surface area contributed by atoms with Crippen LogP contribution in [0.5, 0.6) is 5.75 Å². The highest BCUT2D eigenvalue weighted by atomic mass is 19.1. The van der Waals surface area contributed by atoms with Crippen molar-refractivity contribution in [1.29, 1.82) is 0 Å². The van der Waals surface area contributed by atoms with E-state index in [2.05, 4.69) is 34.6 Å². The Morgan fingerprint density at radius 1 is 1.03 bits per heavy atom. The molecule has 0 unspecified atom stereocenters. The maximum atomic E-state index is 14.3. The number of likely N-dealkylation sites (N-methyl/N-ethyl adjacent to an activating group) is 1. The molecule has 2 N–H and O–H groups in total. The maximum Gasteiger partial charge on any atom is 0.245 e. The highest BCUT2D eigenvalue weighted by Gasteiger charge is 2.15. The van der Waals surface area contributed by atoms with E-state index in [1.165, 1.54) is 10.5 Å². The topological polar surface area (TPSA) is 70.2 Å². The Labute approximate surface area is 222 Å². The summed E-state index contributed by atoms with van der Waals surface area (Å²) < 4.78 is 20.2. The van der Waals surface area contributed by atoms with Gasteiger partial charge in [0.2, 0.25) is 11.9 Å². The fraction of sp³-hybridized carbons (Fsp3) is 0.226. The molecule has 1 aromatic heterocycles. The summed E-state index contributed by atoms with van der Waals surface area (Å²) in [5.41, 5.74) is 5.97. The van der Waals surface area contributed by atoms with E-state index in [1.54, 1.807) is 26.2 Å². The summed E-state index contributed by atoms with van der Waals surface area (Å²) >= 11 is 0. The van der Waals surface area contributed by atoms with Gasteiger partial charge >= 0.3 is 0 Å². The molecule has 0 aliphatic carbocycles. The number of ether oxygens (including phenoxy) is 1. The molecule has 0 saturated carbocycles. The van der Waals surface area contributed by atoms with Crippen molar-refractivity contribution in [2.45, 2.75) is 13.3 Å². The van der Waals surface area contributed by atoms with Gasteiger partial charge in [-0.3, -0.25) is 9.89 Å². The van der Waals surface area contributed by atoms with Gasteiger partial charge in [-0.15, -0.1) is 5.10 Å². The van der Waals surface area contributed by atoms with Gasteiger partial charge in [0.05, 0.1) is 10.9 Å². The minimum absolute atomic E-state index is 0.0372. The zero-order valence-corrected chi connectivity index (χ0v) is 22.0. The summed E-state index contributed by atoms with van der Waals surface area (Å²) in [5, 5.41) is 10.2. The van der Waals surface area contributed by atoms with Crippen molar-refractivity contribution >= 4 is 28.0 Å². The average Bonchev–Trinajstić information content (AvgIpc) is 3.31. The minimum atomic E-state index is -0.504. The van der Waals surface area contributed by atoms with E-state index < -0.39 is 5.95 Å². The van der Waals surface area contributed by atoms with Gasteiger partial charge in [-0.05, 0) is 58.5 Å². The van der Waals surface area contributed by atoms with Crippen LogP contribution in [0.3, 0.4) is 0 Å². The van der Waals surface area contributed by atoms with E-state index in [4.69, 9.17) is 4.74 Å². The molecular weight excluding hydrogens is 479 g/mol. The summed E-state index contributed by atoms with van der Waals surface area (Å²) in [6, 6.07) is 24.0. The van der Waals surface area contributed by atoms with Crippen molar-refractivity contribution in [2.24, 2.45) is 0 Å². The number of allylic oxidation sites excluding steroid dienone is 1. The van der Waals surface area contributed by atoms with Crippen molar-refractivity contribution in [3.05, 3.63) is 108 Å². The Bertz CT molecular complexity index is 1420. The number of nitrogens with zero attached hydrogens (tertiary/aromatic N) is 2. The normalized spacial score (nSPS) is 12.1. The number of amides is 1. The van der Waals surface area contributed by atoms with Crippen LogP contribution >= 0.6 is 0 Å². The zero-order valence-electron chi connectivity index (χ0n) is 22.0. The highest BCUT2D eigenvalue weighted by molar-refractivity contribution is 6.00. The quantitative estimate of drug-likeness (QED) is 0.154. The summed E-state index contributed by atoms with van der Waals surface area (Å²) in [7, 11) is 3.45. The predicted molar refractivity (Wildman–Crippen MR) is 151 cm³/mol. The Morgan fingerprint density at radius 3 is 2.47 bits per heavy atom. The molecule has 0 fully saturated rings. The number of hydrogen-bond donors (Lipinski definition) is 2. The van der Waals surface area contributed by atoms with Crippen LogP contribution in [0.1, 0.15) is 30.0 Å². The van der Waals surface area contributed by atoms with Gasteiger partial charge in [0.1, 0.15) is 12.4 Å². The first-order chi connectivity index (χ1) is 18.5. The van der Waals surface area contributed by atoms with Crippen LogP contribution in [0.15, 0.2) is 84.9 Å². The third-order valence-electron chi connectivity index (χ3n) is 6.24. The van der Waals surface area contributed by atoms with Gasteiger partial charge in [-0.25, -0.2) is 0 Å². The van der Waals surface area contributed by atoms with Crippen molar-refractivity contribution in [1.82, 2.24) is 20.4 Å². The van der Waals surface area contributed by atoms with Crippen molar-refractivity contribution in [3.8, 4) is 5.75 Å². The first-order valence-corrected chi connectivity index (χ1v) is 12.7. The molecule has 7 heteroatoms. The number of halogens is 1. The second kappa shape index (κ2) is 12.8. The van der Waals surface area contributed by atoms with Crippen LogP contribution in [-0.4, -0.2) is 54.8 Å². The molecule has 0 spiro atoms. The van der Waals surface area contributed by atoms with Gasteiger partial charge in [-0.2, -0.15) is 4.39 Å². The van der Waals surface area contributed by atoms with E-state index in [0.29, 0.717) is 30.6 Å². The lowest BCUT2D eigenvalue weighted by Crippen LogP contribution is -2.22. The molecule has 0 atom stereocenters. The summed E-state index contributed by atoms with van der Waals surface area (Å²) in [4.78, 5) is 13.1. The third-order valence-corrected chi connectivity index (χ3v) is 6.24. The van der Waals surface area contributed by atoms with E-state index >= 15 is 0 Å². The van der Waals surface area contributed by atoms with Gasteiger partial charge in [0, 0.05) is 33.3 Å². The molecule has 0 aliphatic heterocycles. The molecule has 1 amide bonds. The third kappa shape index (κ3) is 6.55. The smallest absolute Gasteiger partial charge is 0.245 e. The van der Waals surface area contributed by atoms with Crippen molar-refractivity contribution < 1.29 is 13.9 Å². The van der Waals surface area contributed by atoms with Crippen molar-refractivity contribution in [3.63, 3.8) is 0 Å². The predicted octanol–water partition coefficient (Wildman–Crippen LogP) is 5.68. The van der Waals surface area contributed by atoms with Crippen LogP contribution in [-0.2, 0) is 4.79 Å². The molecule has 4 aromatic rings. The number of rotatable bonds is 11. The molecule has 6 nitrogen and oxygen atoms in total. The van der Waals surface area contributed by atoms with Crippen LogP contribution in [0.4, 0.5) is 4.39 Å². The number of carbonyl (C=O) groups excluding carboxylic acids is 1. The summed E-state index contributed by atoms with van der Waals surface area (Å²) in [6.07, 6.45) is 4.16. The molecule has 0 aliphatic rings. The number of benzene rings is 3. The molecule has 196 valence electrons. The van der Waals surface area contributed by atoms with Crippen LogP contribution in [0.25, 0.3) is 22.0 Å². The lowest BCUT2D eigenvalue weighted by molar-refractivity contribution is -0.123. The number of H-pyrrole nitrogens is 1. The van der Waals surface area contributed by atoms with Gasteiger partial charge < -0.3 is 15.0 Å². The second-order valence-electron chi connectivity index (χ2n) is 9.06. The number of fused-ring (bicyclic) bond motifs is 1. The maximum absolute atomic E-state index is 14.3. The minimum Gasteiger partial charge on any atom is -0.492 e. The fourth-order valence-corrected chi connectivity index (χ4v) is 4.27. The first-order valence-electron chi connectivity index (χ1n) is 12.7. The number of hydrogen-bond acceptors (Lipinski definition) is 4. The Hall–Kier alpha value is -4.23. The highest BCUT2D eigenvalue weighted by Crippen LogP contribution is 2.36. The lowest BCUT2D eigenvalue weighted by atomic mass is 9.88. The van der Waals surface area contributed by atoms with E-state index in [-0.39, 0.29) is 5.91 Å². The monoisotopic (exact) mass is 512 g/mol. The zero-order chi connectivity index (χ0) is 26.9. The fourth-order valence-electron chi connectivity index (χ4n) is 4.27. The average molecular weight is 513 g/mol. The second-order valence-corrected chi connectivity index (χ2v) is 9.06. The first kappa shape index (κ1) is 26.8. The number of aromatic amines is 1. The SMILES string of the molecule is CCC(=C(c1ccc(OCCNCC=CC(=O)N(C)C)cc1)c1ccc2[nH]nc(F)c2c1)c1ccccc1. The van der Waals surface area contributed by atoms with E-state index in [9.17, 15) is 9.18 Å². The van der Waals surface area contributed by atoms with Crippen LogP contribution in [0.2, 0.25) is 0 Å². The van der Waals surface area contributed by atoms with Crippen molar-refractivity contribution in [2.75, 3.05) is 33.8 Å². The van der Waals surface area contributed by atoms with Gasteiger partial charge in [0.25, 0.3) is 0 Å². The molecule has 1 heterocycles. The largest absolute Gasteiger partial charge is 0.492 e. The summed E-state index contributed by atoms with van der Waals surface area (Å²) in [5.74, 6) is 0.225. The van der Waals surface area contributed by atoms with Gasteiger partial charge in [-0.1, -0.05) is 61.5 Å². The molecule has 4 rings (SSSR count). The van der Waals surface area contributed by atoms with Crippen LogP contribution < -0.4 is 10.1 Å². The van der Waals surface area contributed by atoms with E-state index in [0.717, 1.165) is 34.4 Å². The van der Waals surface area contributed by atoms with Gasteiger partial charge in [0.15, 0.2) is 0 Å². The molecule has 3 aromatic carbocycles. The lowest BCUT2D eigenvalue weighted by Gasteiger charge is -2.17.